The van der Waals surface area contributed by atoms with E-state index in [1.54, 1.807) is 19.9 Å². The summed E-state index contributed by atoms with van der Waals surface area (Å²) in [6.07, 6.45) is 0. The number of benzene rings is 1. The van der Waals surface area contributed by atoms with Crippen molar-refractivity contribution in [2.45, 2.75) is 24.5 Å². The maximum Gasteiger partial charge on any atom is 0.341 e. The summed E-state index contributed by atoms with van der Waals surface area (Å²) >= 11 is 0. The van der Waals surface area contributed by atoms with Crippen molar-refractivity contribution in [2.24, 2.45) is 0 Å². The molecule has 136 valence electrons. The summed E-state index contributed by atoms with van der Waals surface area (Å²) in [7, 11) is -4.68. The summed E-state index contributed by atoms with van der Waals surface area (Å²) in [5, 5.41) is 6.83. The zero-order valence-corrected chi connectivity index (χ0v) is 14.5. The molecule has 0 unspecified atom stereocenters. The molecule has 0 saturated heterocycles. The number of pyridine rings is 1. The van der Waals surface area contributed by atoms with E-state index in [-0.39, 0.29) is 17.0 Å². The molecule has 0 aliphatic heterocycles. The molecule has 0 atom stereocenters. The van der Waals surface area contributed by atoms with Crippen molar-refractivity contribution < 1.29 is 26.5 Å². The molecule has 0 aliphatic carbocycles. The second-order valence-corrected chi connectivity index (χ2v) is 7.46. The molecule has 2 heterocycles. The van der Waals surface area contributed by atoms with Gasteiger partial charge in [0.15, 0.2) is 0 Å². The highest BCUT2D eigenvalue weighted by Crippen LogP contribution is 2.24. The van der Waals surface area contributed by atoms with Gasteiger partial charge in [0.25, 0.3) is 11.6 Å². The number of hydrogen-bond donors (Lipinski definition) is 1. The third-order valence-electron chi connectivity index (χ3n) is 3.67. The zero-order chi connectivity index (χ0) is 19.1. The number of amides is 1. The average Bonchev–Trinajstić information content (AvgIpc) is 2.95. The molecule has 1 N–H and O–H groups in total. The molecule has 0 aliphatic rings. The van der Waals surface area contributed by atoms with Gasteiger partial charge in [-0.1, -0.05) is 5.16 Å². The van der Waals surface area contributed by atoms with Crippen molar-refractivity contribution in [3.63, 3.8) is 0 Å². The normalized spacial score (nSPS) is 11.9. The lowest BCUT2D eigenvalue weighted by Crippen LogP contribution is -2.14. The first kappa shape index (κ1) is 17.9. The van der Waals surface area contributed by atoms with E-state index in [0.717, 1.165) is 12.1 Å². The Morgan fingerprint density at radius 2 is 1.85 bits per heavy atom. The minimum atomic E-state index is -4.68. The minimum absolute atomic E-state index is 0.228. The zero-order valence-electron chi connectivity index (χ0n) is 13.7. The number of carbonyl (C=O) groups excluding carboxylic acids is 1. The number of aromatic nitrogens is 2. The third-order valence-corrected chi connectivity index (χ3v) is 5.06. The van der Waals surface area contributed by atoms with Crippen LogP contribution in [0, 0.1) is 13.8 Å². The molecular formula is C16H13F2N3O4S. The van der Waals surface area contributed by atoms with Crippen LogP contribution < -0.4 is 5.32 Å². The molecule has 26 heavy (non-hydrogen) atoms. The number of carbonyl (C=O) groups is 1. The molecule has 0 bridgehead atoms. The smallest absolute Gasteiger partial charge is 0.336 e. The largest absolute Gasteiger partial charge is 0.341 e. The summed E-state index contributed by atoms with van der Waals surface area (Å²) in [5.41, 5.74) is 1.81. The fourth-order valence-corrected chi connectivity index (χ4v) is 3.15. The van der Waals surface area contributed by atoms with Crippen LogP contribution in [0.2, 0.25) is 0 Å². The van der Waals surface area contributed by atoms with Crippen LogP contribution in [0.15, 0.2) is 39.8 Å². The summed E-state index contributed by atoms with van der Waals surface area (Å²) in [6.45, 7) is 3.36. The molecule has 1 amide bonds. The van der Waals surface area contributed by atoms with Gasteiger partial charge in [-0.3, -0.25) is 4.79 Å². The summed E-state index contributed by atoms with van der Waals surface area (Å²) in [5.74, 6) is -4.00. The summed E-state index contributed by atoms with van der Waals surface area (Å²) < 4.78 is 53.0. The monoisotopic (exact) mass is 381 g/mol. The number of sulfone groups is 1. The van der Waals surface area contributed by atoms with Crippen LogP contribution in [0.3, 0.4) is 0 Å². The first-order valence-corrected chi connectivity index (χ1v) is 8.92. The van der Waals surface area contributed by atoms with E-state index in [1.807, 2.05) is 0 Å². The van der Waals surface area contributed by atoms with Crippen molar-refractivity contribution in [3.05, 3.63) is 47.3 Å². The maximum atomic E-state index is 12.6. The van der Waals surface area contributed by atoms with E-state index in [0.29, 0.717) is 16.8 Å². The predicted molar refractivity (Wildman–Crippen MR) is 88.9 cm³/mol. The fraction of sp³-hybridized carbons (Fsp3) is 0.188. The molecule has 2 aromatic heterocycles. The van der Waals surface area contributed by atoms with E-state index in [9.17, 15) is 22.0 Å². The number of fused-ring (bicyclic) bond motifs is 1. The highest BCUT2D eigenvalue weighted by Gasteiger charge is 2.26. The Morgan fingerprint density at radius 1 is 1.19 bits per heavy atom. The van der Waals surface area contributed by atoms with Gasteiger partial charge in [0.2, 0.25) is 9.84 Å². The number of alkyl halides is 2. The predicted octanol–water partition coefficient (Wildman–Crippen LogP) is 3.09. The number of nitrogens with zero attached hydrogens (tertiary/aromatic N) is 2. The van der Waals surface area contributed by atoms with Gasteiger partial charge < -0.3 is 9.84 Å². The molecule has 1 aromatic carbocycles. The van der Waals surface area contributed by atoms with E-state index < -0.39 is 26.4 Å². The van der Waals surface area contributed by atoms with Crippen LogP contribution in [0.1, 0.15) is 21.7 Å². The van der Waals surface area contributed by atoms with Gasteiger partial charge in [0.1, 0.15) is 0 Å². The number of nitrogens with one attached hydrogen (secondary N) is 1. The first-order valence-electron chi connectivity index (χ1n) is 7.37. The molecular weight excluding hydrogens is 368 g/mol. The lowest BCUT2D eigenvalue weighted by Gasteiger charge is -2.08. The lowest BCUT2D eigenvalue weighted by molar-refractivity contribution is 0.102. The molecule has 0 spiro atoms. The highest BCUT2D eigenvalue weighted by molar-refractivity contribution is 7.91. The molecule has 3 rings (SSSR count). The van der Waals surface area contributed by atoms with Gasteiger partial charge in [-0.15, -0.1) is 0 Å². The SMILES string of the molecule is Cc1cc(C(=O)Nc2ccc(S(=O)(=O)C(F)F)cc2)c2c(C)noc2n1. The summed E-state index contributed by atoms with van der Waals surface area (Å²) in [4.78, 5) is 16.2. The Hall–Kier alpha value is -2.88. The van der Waals surface area contributed by atoms with E-state index in [1.165, 1.54) is 12.1 Å². The van der Waals surface area contributed by atoms with Gasteiger partial charge in [-0.05, 0) is 44.2 Å². The van der Waals surface area contributed by atoms with Gasteiger partial charge >= 0.3 is 5.76 Å². The highest BCUT2D eigenvalue weighted by atomic mass is 32.2. The minimum Gasteiger partial charge on any atom is -0.336 e. The number of hydrogen-bond acceptors (Lipinski definition) is 6. The van der Waals surface area contributed by atoms with Crippen LogP contribution in [0.25, 0.3) is 11.1 Å². The third kappa shape index (κ3) is 3.15. The summed E-state index contributed by atoms with van der Waals surface area (Å²) in [6, 6.07) is 6.06. The van der Waals surface area contributed by atoms with Crippen LogP contribution >= 0.6 is 0 Å². The van der Waals surface area contributed by atoms with Crippen molar-refractivity contribution in [1.29, 1.82) is 0 Å². The Kier molecular flexibility index (Phi) is 4.45. The second-order valence-electron chi connectivity index (χ2n) is 5.54. The molecule has 10 heteroatoms. The Bertz CT molecular complexity index is 1090. The molecule has 0 fully saturated rings. The van der Waals surface area contributed by atoms with E-state index in [4.69, 9.17) is 4.52 Å². The molecule has 0 saturated carbocycles. The number of anilines is 1. The van der Waals surface area contributed by atoms with Gasteiger partial charge in [-0.2, -0.15) is 8.78 Å². The quantitative estimate of drug-likeness (QED) is 0.745. The molecule has 3 aromatic rings. The van der Waals surface area contributed by atoms with Crippen LogP contribution in [-0.2, 0) is 9.84 Å². The lowest BCUT2D eigenvalue weighted by atomic mass is 10.1. The van der Waals surface area contributed by atoms with Crippen molar-refractivity contribution in [1.82, 2.24) is 10.1 Å². The van der Waals surface area contributed by atoms with Crippen molar-refractivity contribution in [2.75, 3.05) is 5.32 Å². The van der Waals surface area contributed by atoms with Crippen LogP contribution in [0.5, 0.6) is 0 Å². The van der Waals surface area contributed by atoms with E-state index >= 15 is 0 Å². The van der Waals surface area contributed by atoms with Crippen molar-refractivity contribution >= 4 is 32.5 Å². The molecule has 7 nitrogen and oxygen atoms in total. The van der Waals surface area contributed by atoms with Crippen molar-refractivity contribution in [3.8, 4) is 0 Å². The maximum absolute atomic E-state index is 12.6. The average molecular weight is 381 g/mol. The Labute approximate surface area is 146 Å². The Morgan fingerprint density at radius 3 is 2.46 bits per heavy atom. The standard InChI is InChI=1S/C16H13F2N3O4S/c1-8-7-12(13-9(2)21-25-15(13)19-8)14(22)20-10-3-5-11(6-4-10)26(23,24)16(17)18/h3-7,16H,1-2H3,(H,20,22). The van der Waals surface area contributed by atoms with E-state index in [2.05, 4.69) is 15.5 Å². The van der Waals surface area contributed by atoms with Gasteiger partial charge in [0, 0.05) is 11.4 Å². The topological polar surface area (TPSA) is 102 Å². The number of rotatable bonds is 4. The van der Waals surface area contributed by atoms with Gasteiger partial charge in [0.05, 0.1) is 21.5 Å². The van der Waals surface area contributed by atoms with Crippen LogP contribution in [-0.4, -0.2) is 30.2 Å². The molecule has 0 radical (unpaired) electrons. The van der Waals surface area contributed by atoms with Gasteiger partial charge in [-0.25, -0.2) is 13.4 Å². The first-order chi connectivity index (χ1) is 12.2. The second kappa shape index (κ2) is 6.45. The fourth-order valence-electron chi connectivity index (χ4n) is 2.43. The van der Waals surface area contributed by atoms with Crippen LogP contribution in [0.4, 0.5) is 14.5 Å². The number of halogens is 2. The Balaban J connectivity index is 1.91. The number of aryl methyl sites for hydroxylation is 2.